The molecule has 0 aliphatic rings. The van der Waals surface area contributed by atoms with Crippen LogP contribution >= 0.6 is 0 Å². The second-order valence-electron chi connectivity index (χ2n) is 4.22. The molecule has 0 fully saturated rings. The van der Waals surface area contributed by atoms with E-state index < -0.39 is 0 Å². The highest BCUT2D eigenvalue weighted by Crippen LogP contribution is 2.29. The van der Waals surface area contributed by atoms with Crippen molar-refractivity contribution in [3.05, 3.63) is 48.0 Å². The van der Waals surface area contributed by atoms with E-state index in [1.807, 2.05) is 0 Å². The van der Waals surface area contributed by atoms with Crippen molar-refractivity contribution in [1.29, 1.82) is 0 Å². The van der Waals surface area contributed by atoms with Gasteiger partial charge in [0.25, 0.3) is 5.91 Å². The third-order valence-corrected chi connectivity index (χ3v) is 3.00. The maximum atomic E-state index is 12.4. The molecule has 0 atom stereocenters. The minimum Gasteiger partial charge on any atom is -0.497 e. The van der Waals surface area contributed by atoms with E-state index in [0.717, 1.165) is 5.75 Å². The Kier molecular flexibility index (Phi) is 4.66. The first kappa shape index (κ1) is 14.7. The van der Waals surface area contributed by atoms with Crippen molar-refractivity contribution in [2.75, 3.05) is 26.6 Å². The van der Waals surface area contributed by atoms with E-state index >= 15 is 0 Å². The summed E-state index contributed by atoms with van der Waals surface area (Å²) in [4.78, 5) is 12.4. The lowest BCUT2D eigenvalue weighted by Gasteiger charge is -2.13. The van der Waals surface area contributed by atoms with Crippen molar-refractivity contribution in [3.63, 3.8) is 0 Å². The average molecular weight is 287 g/mol. The number of hydrogen-bond donors (Lipinski definition) is 1. The minimum absolute atomic E-state index is 0.297. The van der Waals surface area contributed by atoms with Gasteiger partial charge < -0.3 is 19.5 Å². The maximum absolute atomic E-state index is 12.4. The zero-order valence-corrected chi connectivity index (χ0v) is 12.2. The first-order valence-corrected chi connectivity index (χ1v) is 6.36. The number of rotatable bonds is 5. The molecular formula is C16H17NO4. The van der Waals surface area contributed by atoms with Crippen LogP contribution in [-0.4, -0.2) is 27.2 Å². The number of carbonyl (C=O) groups excluding carboxylic acids is 1. The van der Waals surface area contributed by atoms with E-state index in [9.17, 15) is 4.79 Å². The van der Waals surface area contributed by atoms with Gasteiger partial charge in [-0.3, -0.25) is 4.79 Å². The molecule has 2 rings (SSSR count). The highest BCUT2D eigenvalue weighted by Gasteiger charge is 2.18. The number of nitrogens with one attached hydrogen (secondary N) is 1. The maximum Gasteiger partial charge on any atom is 0.263 e. The Morgan fingerprint density at radius 2 is 1.43 bits per heavy atom. The summed E-state index contributed by atoms with van der Waals surface area (Å²) in [6.45, 7) is 0. The molecule has 0 aliphatic heterocycles. The molecule has 2 aromatic rings. The fourth-order valence-electron chi connectivity index (χ4n) is 1.94. The quantitative estimate of drug-likeness (QED) is 0.918. The summed E-state index contributed by atoms with van der Waals surface area (Å²) in [5.74, 6) is 1.35. The topological polar surface area (TPSA) is 56.8 Å². The Morgan fingerprint density at radius 3 is 1.90 bits per heavy atom. The van der Waals surface area contributed by atoms with Crippen molar-refractivity contribution < 1.29 is 19.0 Å². The largest absolute Gasteiger partial charge is 0.497 e. The molecular weight excluding hydrogens is 270 g/mol. The van der Waals surface area contributed by atoms with Crippen molar-refractivity contribution in [3.8, 4) is 17.2 Å². The first-order chi connectivity index (χ1) is 10.2. The molecule has 0 heterocycles. The Bertz CT molecular complexity index is 600. The molecule has 0 saturated carbocycles. The fraction of sp³-hybridized carbons (Fsp3) is 0.188. The molecule has 110 valence electrons. The minimum atomic E-state index is -0.297. The van der Waals surface area contributed by atoms with Gasteiger partial charge in [0, 0.05) is 5.69 Å². The Balaban J connectivity index is 2.27. The summed E-state index contributed by atoms with van der Waals surface area (Å²) in [5.41, 5.74) is 1.02. The summed E-state index contributed by atoms with van der Waals surface area (Å²) in [7, 11) is 4.62. The van der Waals surface area contributed by atoms with Gasteiger partial charge in [-0.25, -0.2) is 0 Å². The SMILES string of the molecule is COc1ccc(NC(=O)c2c(OC)cccc2OC)cc1. The number of amides is 1. The van der Waals surface area contributed by atoms with Crippen LogP contribution in [0.2, 0.25) is 0 Å². The molecule has 5 nitrogen and oxygen atoms in total. The van der Waals surface area contributed by atoms with Crippen LogP contribution in [0.3, 0.4) is 0 Å². The van der Waals surface area contributed by atoms with E-state index in [0.29, 0.717) is 22.7 Å². The van der Waals surface area contributed by atoms with Crippen molar-refractivity contribution in [2.45, 2.75) is 0 Å². The van der Waals surface area contributed by atoms with Gasteiger partial charge in [-0.1, -0.05) is 6.07 Å². The second kappa shape index (κ2) is 6.65. The van der Waals surface area contributed by atoms with Gasteiger partial charge in [0.15, 0.2) is 0 Å². The fourth-order valence-corrected chi connectivity index (χ4v) is 1.94. The highest BCUT2D eigenvalue weighted by atomic mass is 16.5. The van der Waals surface area contributed by atoms with Crippen LogP contribution < -0.4 is 19.5 Å². The van der Waals surface area contributed by atoms with Crippen LogP contribution in [0.15, 0.2) is 42.5 Å². The third kappa shape index (κ3) is 3.25. The molecule has 0 unspecified atom stereocenters. The lowest BCUT2D eigenvalue weighted by atomic mass is 10.1. The van der Waals surface area contributed by atoms with Crippen molar-refractivity contribution in [1.82, 2.24) is 0 Å². The molecule has 0 saturated heterocycles. The normalized spacial score (nSPS) is 9.86. The van der Waals surface area contributed by atoms with E-state index in [2.05, 4.69) is 5.32 Å². The predicted molar refractivity (Wildman–Crippen MR) is 80.5 cm³/mol. The predicted octanol–water partition coefficient (Wildman–Crippen LogP) is 2.96. The summed E-state index contributed by atoms with van der Waals surface area (Å²) < 4.78 is 15.5. The number of benzene rings is 2. The number of ether oxygens (including phenoxy) is 3. The van der Waals surface area contributed by atoms with Crippen LogP contribution in [0.4, 0.5) is 5.69 Å². The van der Waals surface area contributed by atoms with E-state index in [1.54, 1.807) is 49.6 Å². The van der Waals surface area contributed by atoms with Gasteiger partial charge in [-0.05, 0) is 36.4 Å². The van der Waals surface area contributed by atoms with E-state index in [4.69, 9.17) is 14.2 Å². The van der Waals surface area contributed by atoms with Gasteiger partial charge in [-0.15, -0.1) is 0 Å². The van der Waals surface area contributed by atoms with Gasteiger partial charge in [0.05, 0.1) is 21.3 Å². The van der Waals surface area contributed by atoms with E-state index in [1.165, 1.54) is 14.2 Å². The Hall–Kier alpha value is -2.69. The Morgan fingerprint density at radius 1 is 0.857 bits per heavy atom. The van der Waals surface area contributed by atoms with Crippen LogP contribution in [0.1, 0.15) is 10.4 Å². The molecule has 5 heteroatoms. The molecule has 2 aromatic carbocycles. The zero-order valence-electron chi connectivity index (χ0n) is 12.2. The molecule has 1 amide bonds. The van der Waals surface area contributed by atoms with Crippen LogP contribution in [0.5, 0.6) is 17.2 Å². The standard InChI is InChI=1S/C16H17NO4/c1-19-12-9-7-11(8-10-12)17-16(18)15-13(20-2)5-4-6-14(15)21-3/h4-10H,1-3H3,(H,17,18). The van der Waals surface area contributed by atoms with Crippen LogP contribution in [0, 0.1) is 0 Å². The number of hydrogen-bond acceptors (Lipinski definition) is 4. The van der Waals surface area contributed by atoms with Crippen molar-refractivity contribution >= 4 is 11.6 Å². The third-order valence-electron chi connectivity index (χ3n) is 3.00. The van der Waals surface area contributed by atoms with E-state index in [-0.39, 0.29) is 5.91 Å². The Labute approximate surface area is 123 Å². The summed E-state index contributed by atoms with van der Waals surface area (Å²) >= 11 is 0. The summed E-state index contributed by atoms with van der Waals surface area (Å²) in [6.07, 6.45) is 0. The smallest absolute Gasteiger partial charge is 0.263 e. The van der Waals surface area contributed by atoms with Gasteiger partial charge in [0.1, 0.15) is 22.8 Å². The molecule has 0 aliphatic carbocycles. The molecule has 0 spiro atoms. The number of carbonyl (C=O) groups is 1. The summed E-state index contributed by atoms with van der Waals surface area (Å²) in [6, 6.07) is 12.3. The average Bonchev–Trinajstić information content (AvgIpc) is 2.54. The summed E-state index contributed by atoms with van der Waals surface area (Å²) in [5, 5.41) is 2.80. The molecule has 0 radical (unpaired) electrons. The molecule has 1 N–H and O–H groups in total. The van der Waals surface area contributed by atoms with Gasteiger partial charge in [-0.2, -0.15) is 0 Å². The molecule has 0 bridgehead atoms. The number of methoxy groups -OCH3 is 3. The van der Waals surface area contributed by atoms with Gasteiger partial charge in [0.2, 0.25) is 0 Å². The van der Waals surface area contributed by atoms with Crippen molar-refractivity contribution in [2.24, 2.45) is 0 Å². The second-order valence-corrected chi connectivity index (χ2v) is 4.22. The lowest BCUT2D eigenvalue weighted by Crippen LogP contribution is -2.14. The lowest BCUT2D eigenvalue weighted by molar-refractivity contribution is 0.102. The monoisotopic (exact) mass is 287 g/mol. The van der Waals surface area contributed by atoms with Crippen LogP contribution in [-0.2, 0) is 0 Å². The highest BCUT2D eigenvalue weighted by molar-refractivity contribution is 6.08. The van der Waals surface area contributed by atoms with Crippen LogP contribution in [0.25, 0.3) is 0 Å². The molecule has 21 heavy (non-hydrogen) atoms. The first-order valence-electron chi connectivity index (χ1n) is 6.36. The molecule has 0 aromatic heterocycles. The van der Waals surface area contributed by atoms with Gasteiger partial charge >= 0.3 is 0 Å². The zero-order chi connectivity index (χ0) is 15.2. The number of anilines is 1.